The van der Waals surface area contributed by atoms with Crippen LogP contribution in [0.4, 0.5) is 4.79 Å². The zero-order valence-corrected chi connectivity index (χ0v) is 12.1. The third-order valence-electron chi connectivity index (χ3n) is 2.59. The van der Waals surface area contributed by atoms with Crippen LogP contribution in [0.1, 0.15) is 33.6 Å². The minimum atomic E-state index is -3.09. The number of carbonyl (C=O) groups is 1. The van der Waals surface area contributed by atoms with Crippen LogP contribution in [0.3, 0.4) is 0 Å². The smallest absolute Gasteiger partial charge is 0.315 e. The monoisotopic (exact) mass is 277 g/mol. The van der Waals surface area contributed by atoms with Gasteiger partial charge in [-0.3, -0.25) is 0 Å². The van der Waals surface area contributed by atoms with Crippen molar-refractivity contribution < 1.29 is 13.2 Å². The van der Waals surface area contributed by atoms with Crippen LogP contribution < -0.4 is 10.6 Å². The fourth-order valence-electron chi connectivity index (χ4n) is 1.77. The van der Waals surface area contributed by atoms with Crippen LogP contribution in [0, 0.1) is 0 Å². The summed E-state index contributed by atoms with van der Waals surface area (Å²) in [6, 6.07) is -0.267. The molecule has 0 aliphatic carbocycles. The largest absolute Gasteiger partial charge is 0.337 e. The Morgan fingerprint density at radius 2 is 1.94 bits per heavy atom. The van der Waals surface area contributed by atoms with Crippen LogP contribution >= 0.6 is 0 Å². The van der Waals surface area contributed by atoms with Crippen molar-refractivity contribution >= 4 is 16.1 Å². The Kier molecular flexibility index (Phi) is 4.98. The second-order valence-electron chi connectivity index (χ2n) is 5.55. The molecule has 1 fully saturated rings. The normalized spacial score (nSPS) is 20.4. The van der Waals surface area contributed by atoms with Gasteiger partial charge < -0.3 is 10.6 Å². The van der Waals surface area contributed by atoms with Gasteiger partial charge in [0.25, 0.3) is 0 Å². The van der Waals surface area contributed by atoms with E-state index in [1.54, 1.807) is 0 Å². The van der Waals surface area contributed by atoms with Gasteiger partial charge in [-0.1, -0.05) is 0 Å². The number of hydrogen-bond donors (Lipinski definition) is 2. The highest BCUT2D eigenvalue weighted by Crippen LogP contribution is 2.12. The zero-order chi connectivity index (χ0) is 13.8. The topological polar surface area (TPSA) is 78.5 Å². The highest BCUT2D eigenvalue weighted by molar-refractivity contribution is 7.89. The van der Waals surface area contributed by atoms with Crippen LogP contribution in [-0.4, -0.2) is 49.7 Å². The van der Waals surface area contributed by atoms with Gasteiger partial charge in [-0.15, -0.1) is 0 Å². The summed E-state index contributed by atoms with van der Waals surface area (Å²) < 4.78 is 24.8. The first-order valence-corrected chi connectivity index (χ1v) is 7.85. The average molecular weight is 277 g/mol. The summed E-state index contributed by atoms with van der Waals surface area (Å²) in [7, 11) is -3.09. The van der Waals surface area contributed by atoms with Crippen molar-refractivity contribution in [1.29, 1.82) is 0 Å². The fourth-order valence-corrected chi connectivity index (χ4v) is 3.37. The SMILES string of the molecule is CC(C)(C)NC(=O)NCCN1CCCCS1(=O)=O. The second kappa shape index (κ2) is 5.88. The number of nitrogens with one attached hydrogen (secondary N) is 2. The van der Waals surface area contributed by atoms with E-state index in [-0.39, 0.29) is 17.3 Å². The van der Waals surface area contributed by atoms with E-state index in [2.05, 4.69) is 10.6 Å². The van der Waals surface area contributed by atoms with Crippen molar-refractivity contribution in [2.45, 2.75) is 39.2 Å². The lowest BCUT2D eigenvalue weighted by atomic mass is 10.1. The molecule has 0 radical (unpaired) electrons. The van der Waals surface area contributed by atoms with Gasteiger partial charge in [-0.2, -0.15) is 0 Å². The van der Waals surface area contributed by atoms with Crippen LogP contribution in [0.5, 0.6) is 0 Å². The number of hydrogen-bond acceptors (Lipinski definition) is 3. The van der Waals surface area contributed by atoms with E-state index >= 15 is 0 Å². The summed E-state index contributed by atoms with van der Waals surface area (Å²) in [6.07, 6.45) is 1.63. The molecular formula is C11H23N3O3S. The van der Waals surface area contributed by atoms with Crippen LogP contribution in [-0.2, 0) is 10.0 Å². The predicted molar refractivity (Wildman–Crippen MR) is 70.9 cm³/mol. The van der Waals surface area contributed by atoms with E-state index in [9.17, 15) is 13.2 Å². The Balaban J connectivity index is 2.31. The maximum absolute atomic E-state index is 11.7. The number of nitrogens with zero attached hydrogens (tertiary/aromatic N) is 1. The van der Waals surface area contributed by atoms with E-state index in [1.165, 1.54) is 4.31 Å². The van der Waals surface area contributed by atoms with Crippen molar-refractivity contribution in [3.8, 4) is 0 Å². The Labute approximate surface area is 109 Å². The molecule has 106 valence electrons. The third-order valence-corrected chi connectivity index (χ3v) is 4.55. The van der Waals surface area contributed by atoms with E-state index in [4.69, 9.17) is 0 Å². The molecule has 2 amide bonds. The van der Waals surface area contributed by atoms with Crippen molar-refractivity contribution in [1.82, 2.24) is 14.9 Å². The zero-order valence-electron chi connectivity index (χ0n) is 11.3. The lowest BCUT2D eigenvalue weighted by molar-refractivity contribution is 0.231. The second-order valence-corrected chi connectivity index (χ2v) is 7.64. The maximum Gasteiger partial charge on any atom is 0.315 e. The standard InChI is InChI=1S/C11H23N3O3S/c1-11(2,3)13-10(15)12-6-8-14-7-4-5-9-18(14,16)17/h4-9H2,1-3H3,(H2,12,13,15). The number of sulfonamides is 1. The van der Waals surface area contributed by atoms with Crippen LogP contribution in [0.25, 0.3) is 0 Å². The molecule has 0 bridgehead atoms. The van der Waals surface area contributed by atoms with Gasteiger partial charge in [-0.25, -0.2) is 17.5 Å². The summed E-state index contributed by atoms with van der Waals surface area (Å²) in [6.45, 7) is 6.91. The number of carbonyl (C=O) groups excluding carboxylic acids is 1. The summed E-state index contributed by atoms with van der Waals surface area (Å²) in [5.74, 6) is 0.223. The molecule has 0 saturated carbocycles. The first kappa shape index (κ1) is 15.2. The van der Waals surface area contributed by atoms with Gasteiger partial charge in [0, 0.05) is 25.2 Å². The molecule has 0 unspecified atom stereocenters. The fraction of sp³-hybridized carbons (Fsp3) is 0.909. The molecule has 0 atom stereocenters. The molecule has 0 spiro atoms. The van der Waals surface area contributed by atoms with Gasteiger partial charge in [0.05, 0.1) is 5.75 Å². The predicted octanol–water partition coefficient (Wildman–Crippen LogP) is 0.510. The Hall–Kier alpha value is -0.820. The number of amides is 2. The summed E-state index contributed by atoms with van der Waals surface area (Å²) in [5, 5.41) is 5.43. The minimum Gasteiger partial charge on any atom is -0.337 e. The first-order chi connectivity index (χ1) is 8.21. The number of rotatable bonds is 3. The van der Waals surface area contributed by atoms with Crippen molar-refractivity contribution in [2.24, 2.45) is 0 Å². The van der Waals surface area contributed by atoms with Gasteiger partial charge in [0.2, 0.25) is 10.0 Å². The molecule has 18 heavy (non-hydrogen) atoms. The molecule has 1 aliphatic heterocycles. The van der Waals surface area contributed by atoms with Gasteiger partial charge in [-0.05, 0) is 33.6 Å². The van der Waals surface area contributed by atoms with E-state index in [1.807, 2.05) is 20.8 Å². The molecule has 1 rings (SSSR count). The quantitative estimate of drug-likeness (QED) is 0.789. The molecule has 0 aromatic heterocycles. The number of urea groups is 1. The lowest BCUT2D eigenvalue weighted by Crippen LogP contribution is -2.49. The van der Waals surface area contributed by atoms with Gasteiger partial charge in [0.1, 0.15) is 0 Å². The minimum absolute atomic E-state index is 0.223. The Morgan fingerprint density at radius 3 is 2.50 bits per heavy atom. The molecule has 0 aromatic rings. The molecule has 0 aromatic carbocycles. The highest BCUT2D eigenvalue weighted by Gasteiger charge is 2.25. The molecule has 1 heterocycles. The van der Waals surface area contributed by atoms with Crippen LogP contribution in [0.15, 0.2) is 0 Å². The summed E-state index contributed by atoms with van der Waals surface area (Å²) in [4.78, 5) is 11.5. The lowest BCUT2D eigenvalue weighted by Gasteiger charge is -2.26. The Bertz CT molecular complexity index is 387. The molecule has 7 heteroatoms. The summed E-state index contributed by atoms with van der Waals surface area (Å²) in [5.41, 5.74) is -0.290. The maximum atomic E-state index is 11.7. The highest BCUT2D eigenvalue weighted by atomic mass is 32.2. The third kappa shape index (κ3) is 5.22. The van der Waals surface area contributed by atoms with Crippen molar-refractivity contribution in [2.75, 3.05) is 25.4 Å². The molecule has 1 aliphatic rings. The molecular weight excluding hydrogens is 254 g/mol. The van der Waals surface area contributed by atoms with E-state index in [0.29, 0.717) is 19.6 Å². The molecule has 6 nitrogen and oxygen atoms in total. The average Bonchev–Trinajstić information content (AvgIpc) is 2.17. The van der Waals surface area contributed by atoms with Crippen molar-refractivity contribution in [3.63, 3.8) is 0 Å². The van der Waals surface area contributed by atoms with Gasteiger partial charge in [0.15, 0.2) is 0 Å². The molecule has 1 saturated heterocycles. The molecule has 2 N–H and O–H groups in total. The summed E-state index contributed by atoms with van der Waals surface area (Å²) >= 11 is 0. The van der Waals surface area contributed by atoms with Gasteiger partial charge >= 0.3 is 6.03 Å². The van der Waals surface area contributed by atoms with E-state index < -0.39 is 10.0 Å². The first-order valence-electron chi connectivity index (χ1n) is 6.24. The van der Waals surface area contributed by atoms with Crippen LogP contribution in [0.2, 0.25) is 0 Å². The Morgan fingerprint density at radius 1 is 1.28 bits per heavy atom. The van der Waals surface area contributed by atoms with Crippen molar-refractivity contribution in [3.05, 3.63) is 0 Å². The van der Waals surface area contributed by atoms with E-state index in [0.717, 1.165) is 12.8 Å².